The highest BCUT2D eigenvalue weighted by Crippen LogP contribution is 2.25. The van der Waals surface area contributed by atoms with E-state index >= 15 is 0 Å². The summed E-state index contributed by atoms with van der Waals surface area (Å²) in [7, 11) is 1.52. The average Bonchev–Trinajstić information content (AvgIpc) is 2.46. The summed E-state index contributed by atoms with van der Waals surface area (Å²) < 4.78 is 10.7. The standard InChI is InChI=1S/C15H15NO4/c1-10-4-3-7-16-13(10)9-20-14-8-11(19-2)5-6-12(14)15(17)18/h3-8H,9H2,1-2H3,(H,17,18). The fourth-order valence-corrected chi connectivity index (χ4v) is 1.74. The third-order valence-corrected chi connectivity index (χ3v) is 2.90. The van der Waals surface area contributed by atoms with E-state index in [0.717, 1.165) is 11.3 Å². The Hall–Kier alpha value is -2.56. The number of carbonyl (C=O) groups is 1. The molecule has 0 fully saturated rings. The van der Waals surface area contributed by atoms with Crippen LogP contribution in [0.2, 0.25) is 0 Å². The molecule has 0 aliphatic carbocycles. The fraction of sp³-hybridized carbons (Fsp3) is 0.200. The molecule has 1 aromatic carbocycles. The number of nitrogens with zero attached hydrogens (tertiary/aromatic N) is 1. The summed E-state index contributed by atoms with van der Waals surface area (Å²) in [4.78, 5) is 15.4. The van der Waals surface area contributed by atoms with Crippen molar-refractivity contribution in [2.24, 2.45) is 0 Å². The lowest BCUT2D eigenvalue weighted by Crippen LogP contribution is -2.05. The van der Waals surface area contributed by atoms with E-state index < -0.39 is 5.97 Å². The maximum atomic E-state index is 11.2. The number of aryl methyl sites for hydroxylation is 1. The number of methoxy groups -OCH3 is 1. The quantitative estimate of drug-likeness (QED) is 0.907. The monoisotopic (exact) mass is 273 g/mol. The number of rotatable bonds is 5. The van der Waals surface area contributed by atoms with Crippen LogP contribution in [0.3, 0.4) is 0 Å². The summed E-state index contributed by atoms with van der Waals surface area (Å²) in [6.07, 6.45) is 1.68. The van der Waals surface area contributed by atoms with Gasteiger partial charge in [0.2, 0.25) is 0 Å². The zero-order chi connectivity index (χ0) is 14.5. The van der Waals surface area contributed by atoms with Gasteiger partial charge in [-0.25, -0.2) is 4.79 Å². The topological polar surface area (TPSA) is 68.7 Å². The number of benzene rings is 1. The first-order chi connectivity index (χ1) is 9.61. The number of carboxylic acids is 1. The lowest BCUT2D eigenvalue weighted by Gasteiger charge is -2.11. The van der Waals surface area contributed by atoms with Gasteiger partial charge in [0.15, 0.2) is 0 Å². The third-order valence-electron chi connectivity index (χ3n) is 2.90. The molecule has 20 heavy (non-hydrogen) atoms. The second-order valence-corrected chi connectivity index (χ2v) is 4.22. The van der Waals surface area contributed by atoms with Crippen molar-refractivity contribution in [2.45, 2.75) is 13.5 Å². The summed E-state index contributed by atoms with van der Waals surface area (Å²) >= 11 is 0. The molecular formula is C15H15NO4. The largest absolute Gasteiger partial charge is 0.497 e. The van der Waals surface area contributed by atoms with Gasteiger partial charge in [0.05, 0.1) is 12.8 Å². The molecule has 0 radical (unpaired) electrons. The Balaban J connectivity index is 2.24. The van der Waals surface area contributed by atoms with Gasteiger partial charge in [-0.05, 0) is 30.7 Å². The van der Waals surface area contributed by atoms with Crippen LogP contribution in [0.4, 0.5) is 0 Å². The molecule has 0 amide bonds. The first-order valence-electron chi connectivity index (χ1n) is 6.06. The Kier molecular flexibility index (Phi) is 4.20. The number of hydrogen-bond donors (Lipinski definition) is 1. The van der Waals surface area contributed by atoms with Gasteiger partial charge in [-0.1, -0.05) is 6.07 Å². The maximum Gasteiger partial charge on any atom is 0.339 e. The van der Waals surface area contributed by atoms with E-state index in [2.05, 4.69) is 4.98 Å². The van der Waals surface area contributed by atoms with E-state index in [1.54, 1.807) is 18.3 Å². The lowest BCUT2D eigenvalue weighted by molar-refractivity contribution is 0.0691. The van der Waals surface area contributed by atoms with E-state index in [9.17, 15) is 4.79 Å². The highest BCUT2D eigenvalue weighted by molar-refractivity contribution is 5.91. The van der Waals surface area contributed by atoms with Crippen LogP contribution in [0.15, 0.2) is 36.5 Å². The molecule has 1 heterocycles. The number of pyridine rings is 1. The highest BCUT2D eigenvalue weighted by Gasteiger charge is 2.13. The van der Waals surface area contributed by atoms with Crippen LogP contribution >= 0.6 is 0 Å². The summed E-state index contributed by atoms with van der Waals surface area (Å²) in [5.74, 6) is -0.231. The van der Waals surface area contributed by atoms with Crippen molar-refractivity contribution >= 4 is 5.97 Å². The molecule has 1 aromatic heterocycles. The molecule has 5 nitrogen and oxygen atoms in total. The predicted molar refractivity (Wildman–Crippen MR) is 73.3 cm³/mol. The number of aromatic nitrogens is 1. The van der Waals surface area contributed by atoms with Crippen LogP contribution in [0.25, 0.3) is 0 Å². The van der Waals surface area contributed by atoms with E-state index in [1.807, 2.05) is 19.1 Å². The zero-order valence-corrected chi connectivity index (χ0v) is 11.3. The minimum Gasteiger partial charge on any atom is -0.497 e. The molecule has 0 bridgehead atoms. The molecule has 2 rings (SSSR count). The number of aromatic carboxylic acids is 1. The molecule has 0 atom stereocenters. The minimum absolute atomic E-state index is 0.0967. The van der Waals surface area contributed by atoms with Gasteiger partial charge < -0.3 is 14.6 Å². The predicted octanol–water partition coefficient (Wildman–Crippen LogP) is 2.68. The van der Waals surface area contributed by atoms with Crippen LogP contribution in [-0.2, 0) is 6.61 Å². The van der Waals surface area contributed by atoms with Crippen molar-refractivity contribution in [3.63, 3.8) is 0 Å². The van der Waals surface area contributed by atoms with E-state index in [0.29, 0.717) is 5.75 Å². The van der Waals surface area contributed by atoms with Crippen LogP contribution < -0.4 is 9.47 Å². The smallest absolute Gasteiger partial charge is 0.339 e. The van der Waals surface area contributed by atoms with Gasteiger partial charge in [-0.2, -0.15) is 0 Å². The Morgan fingerprint density at radius 3 is 2.80 bits per heavy atom. The van der Waals surface area contributed by atoms with Gasteiger partial charge in [0.1, 0.15) is 23.7 Å². The zero-order valence-electron chi connectivity index (χ0n) is 11.3. The molecule has 104 valence electrons. The molecule has 0 saturated carbocycles. The van der Waals surface area contributed by atoms with Crippen molar-refractivity contribution in [3.8, 4) is 11.5 Å². The van der Waals surface area contributed by atoms with Gasteiger partial charge >= 0.3 is 5.97 Å². The summed E-state index contributed by atoms with van der Waals surface area (Å²) in [6.45, 7) is 2.13. The average molecular weight is 273 g/mol. The molecule has 0 spiro atoms. The van der Waals surface area contributed by atoms with Crippen LogP contribution in [-0.4, -0.2) is 23.2 Å². The summed E-state index contributed by atoms with van der Waals surface area (Å²) in [6, 6.07) is 8.37. The Morgan fingerprint density at radius 1 is 1.35 bits per heavy atom. The van der Waals surface area contributed by atoms with E-state index in [-0.39, 0.29) is 17.9 Å². The van der Waals surface area contributed by atoms with Crippen LogP contribution in [0.1, 0.15) is 21.6 Å². The molecule has 0 saturated heterocycles. The second kappa shape index (κ2) is 6.06. The van der Waals surface area contributed by atoms with Gasteiger partial charge in [0.25, 0.3) is 0 Å². The first kappa shape index (κ1) is 13.9. The molecule has 2 aromatic rings. The Bertz CT molecular complexity index is 625. The first-order valence-corrected chi connectivity index (χ1v) is 6.06. The third kappa shape index (κ3) is 3.06. The van der Waals surface area contributed by atoms with Crippen LogP contribution in [0, 0.1) is 6.92 Å². The molecule has 5 heteroatoms. The Labute approximate surface area is 116 Å². The van der Waals surface area contributed by atoms with Crippen molar-refractivity contribution in [1.82, 2.24) is 4.98 Å². The summed E-state index contributed by atoms with van der Waals surface area (Å²) in [5.41, 5.74) is 1.86. The number of carboxylic acid groups (broad SMARTS) is 1. The molecule has 0 unspecified atom stereocenters. The van der Waals surface area contributed by atoms with Crippen LogP contribution in [0.5, 0.6) is 11.5 Å². The number of hydrogen-bond acceptors (Lipinski definition) is 4. The fourth-order valence-electron chi connectivity index (χ4n) is 1.74. The van der Waals surface area contributed by atoms with Gasteiger partial charge in [-0.3, -0.25) is 4.98 Å². The molecule has 0 aliphatic heterocycles. The molecule has 1 N–H and O–H groups in total. The Morgan fingerprint density at radius 2 is 2.15 bits per heavy atom. The second-order valence-electron chi connectivity index (χ2n) is 4.22. The SMILES string of the molecule is COc1ccc(C(=O)O)c(OCc2ncccc2C)c1. The maximum absolute atomic E-state index is 11.2. The van der Waals surface area contributed by atoms with Crippen molar-refractivity contribution in [2.75, 3.05) is 7.11 Å². The van der Waals surface area contributed by atoms with E-state index in [4.69, 9.17) is 14.6 Å². The minimum atomic E-state index is -1.04. The van der Waals surface area contributed by atoms with Crippen molar-refractivity contribution in [3.05, 3.63) is 53.3 Å². The normalized spacial score (nSPS) is 10.1. The lowest BCUT2D eigenvalue weighted by atomic mass is 10.2. The molecular weight excluding hydrogens is 258 g/mol. The molecule has 0 aliphatic rings. The number of ether oxygens (including phenoxy) is 2. The van der Waals surface area contributed by atoms with Gasteiger partial charge in [0, 0.05) is 12.3 Å². The summed E-state index contributed by atoms with van der Waals surface area (Å²) in [5, 5.41) is 9.14. The van der Waals surface area contributed by atoms with Crippen molar-refractivity contribution in [1.29, 1.82) is 0 Å². The van der Waals surface area contributed by atoms with E-state index in [1.165, 1.54) is 13.2 Å². The van der Waals surface area contributed by atoms with Gasteiger partial charge in [-0.15, -0.1) is 0 Å². The van der Waals surface area contributed by atoms with Crippen molar-refractivity contribution < 1.29 is 19.4 Å². The highest BCUT2D eigenvalue weighted by atomic mass is 16.5.